The first-order valence-electron chi connectivity index (χ1n) is 10.1. The number of nitrogens with zero attached hydrogens (tertiary/aromatic N) is 6. The summed E-state index contributed by atoms with van der Waals surface area (Å²) in [7, 11) is 0.232. The lowest BCUT2D eigenvalue weighted by Gasteiger charge is -2.25. The number of hydrogen-bond acceptors (Lipinski definition) is 7. The van der Waals surface area contributed by atoms with Crippen molar-refractivity contribution < 1.29 is 13.2 Å². The van der Waals surface area contributed by atoms with Crippen LogP contribution in [0.5, 0.6) is 0 Å². The summed E-state index contributed by atoms with van der Waals surface area (Å²) in [6, 6.07) is 14.5. The van der Waals surface area contributed by atoms with E-state index in [-0.39, 0.29) is 17.5 Å². The number of benzene rings is 2. The van der Waals surface area contributed by atoms with E-state index in [9.17, 15) is 8.42 Å². The zero-order valence-corrected chi connectivity index (χ0v) is 18.4. The lowest BCUT2D eigenvalue weighted by atomic mass is 10.2. The molecule has 0 bridgehead atoms. The minimum Gasteiger partial charge on any atom is -0.378 e. The average Bonchev–Trinajstić information content (AvgIpc) is 3.48. The molecule has 0 spiro atoms. The van der Waals surface area contributed by atoms with Gasteiger partial charge in [-0.05, 0) is 65.2 Å². The highest BCUT2D eigenvalue weighted by atomic mass is 32.2. The fraction of sp³-hybridized carbons (Fsp3) is 0.381. The van der Waals surface area contributed by atoms with Gasteiger partial charge in [0.2, 0.25) is 10.0 Å². The zero-order valence-electron chi connectivity index (χ0n) is 17.6. The molecule has 0 amide bonds. The first-order valence-corrected chi connectivity index (χ1v) is 11.6. The van der Waals surface area contributed by atoms with Crippen molar-refractivity contribution in [2.45, 2.75) is 30.4 Å². The molecule has 1 aliphatic heterocycles. The Hall–Kier alpha value is -2.82. The third-order valence-corrected chi connectivity index (χ3v) is 7.16. The second-order valence-corrected chi connectivity index (χ2v) is 9.68. The first kappa shape index (κ1) is 21.4. The van der Waals surface area contributed by atoms with Gasteiger partial charge in [-0.25, -0.2) is 13.1 Å². The number of sulfonamides is 1. The maximum Gasteiger partial charge on any atom is 0.243 e. The van der Waals surface area contributed by atoms with Crippen LogP contribution in [-0.2, 0) is 21.3 Å². The smallest absolute Gasteiger partial charge is 0.243 e. The topological polar surface area (TPSA) is 93.5 Å². The van der Waals surface area contributed by atoms with E-state index in [1.807, 2.05) is 43.3 Å². The Bertz CT molecular complexity index is 1080. The number of tetrazole rings is 1. The highest BCUT2D eigenvalue weighted by molar-refractivity contribution is 7.89. The molecular formula is C21H26N6O3S. The molecule has 2 heterocycles. The lowest BCUT2D eigenvalue weighted by Crippen LogP contribution is -2.37. The third kappa shape index (κ3) is 4.92. The number of ether oxygens (including phenoxy) is 1. The van der Waals surface area contributed by atoms with Crippen molar-refractivity contribution in [1.29, 1.82) is 0 Å². The van der Waals surface area contributed by atoms with Crippen molar-refractivity contribution in [1.82, 2.24) is 24.5 Å². The molecular weight excluding hydrogens is 416 g/mol. The predicted octanol–water partition coefficient (Wildman–Crippen LogP) is 2.10. The van der Waals surface area contributed by atoms with Crippen LogP contribution in [0, 0.1) is 0 Å². The first-order chi connectivity index (χ1) is 14.9. The van der Waals surface area contributed by atoms with Gasteiger partial charge in [-0.1, -0.05) is 12.1 Å². The van der Waals surface area contributed by atoms with Crippen molar-refractivity contribution in [3.05, 3.63) is 60.4 Å². The largest absolute Gasteiger partial charge is 0.378 e. The monoisotopic (exact) mass is 442 g/mol. The van der Waals surface area contributed by atoms with Gasteiger partial charge in [-0.3, -0.25) is 0 Å². The maximum atomic E-state index is 13.5. The molecule has 3 aromatic rings. The molecule has 4 rings (SSSR count). The van der Waals surface area contributed by atoms with E-state index >= 15 is 0 Å². The minimum atomic E-state index is -3.72. The summed E-state index contributed by atoms with van der Waals surface area (Å²) in [4.78, 5) is 2.24. The van der Waals surface area contributed by atoms with E-state index in [1.165, 1.54) is 15.3 Å². The van der Waals surface area contributed by atoms with Gasteiger partial charge < -0.3 is 9.64 Å². The van der Waals surface area contributed by atoms with Gasteiger partial charge in [-0.15, -0.1) is 5.10 Å². The molecule has 31 heavy (non-hydrogen) atoms. The van der Waals surface area contributed by atoms with Crippen molar-refractivity contribution in [3.63, 3.8) is 0 Å². The molecule has 1 atom stereocenters. The van der Waals surface area contributed by atoms with Crippen LogP contribution in [0.3, 0.4) is 0 Å². The second kappa shape index (κ2) is 9.13. The van der Waals surface area contributed by atoms with Crippen LogP contribution >= 0.6 is 0 Å². The van der Waals surface area contributed by atoms with Crippen molar-refractivity contribution in [2.75, 3.05) is 32.1 Å². The molecule has 1 saturated heterocycles. The summed E-state index contributed by atoms with van der Waals surface area (Å²) in [6.45, 7) is 1.29. The van der Waals surface area contributed by atoms with Gasteiger partial charge in [-0.2, -0.15) is 4.31 Å². The van der Waals surface area contributed by atoms with Crippen molar-refractivity contribution in [3.8, 4) is 5.69 Å². The second-order valence-electron chi connectivity index (χ2n) is 7.74. The molecule has 0 radical (unpaired) electrons. The average molecular weight is 443 g/mol. The molecule has 1 aliphatic rings. The molecule has 2 aromatic carbocycles. The van der Waals surface area contributed by atoms with E-state index in [4.69, 9.17) is 4.74 Å². The molecule has 0 N–H and O–H groups in total. The fourth-order valence-corrected chi connectivity index (χ4v) is 5.03. The summed E-state index contributed by atoms with van der Waals surface area (Å²) in [5.74, 6) is 0. The Morgan fingerprint density at radius 1 is 1.10 bits per heavy atom. The lowest BCUT2D eigenvalue weighted by molar-refractivity contribution is 0.0926. The van der Waals surface area contributed by atoms with Gasteiger partial charge in [0, 0.05) is 39.5 Å². The van der Waals surface area contributed by atoms with Crippen LogP contribution in [0.15, 0.2) is 59.8 Å². The summed E-state index contributed by atoms with van der Waals surface area (Å²) in [5.41, 5.74) is 2.68. The Morgan fingerprint density at radius 3 is 2.42 bits per heavy atom. The third-order valence-electron chi connectivity index (χ3n) is 5.33. The summed E-state index contributed by atoms with van der Waals surface area (Å²) < 4.78 is 35.8. The van der Waals surface area contributed by atoms with Crippen LogP contribution in [0.2, 0.25) is 0 Å². The Balaban J connectivity index is 1.59. The highest BCUT2D eigenvalue weighted by Crippen LogP contribution is 2.24. The molecule has 9 nitrogen and oxygen atoms in total. The van der Waals surface area contributed by atoms with Crippen LogP contribution < -0.4 is 4.90 Å². The molecule has 0 unspecified atom stereocenters. The summed E-state index contributed by atoms with van der Waals surface area (Å²) >= 11 is 0. The molecule has 1 fully saturated rings. The van der Waals surface area contributed by atoms with E-state index < -0.39 is 10.0 Å². The number of aromatic nitrogens is 4. The van der Waals surface area contributed by atoms with Crippen LogP contribution in [0.1, 0.15) is 18.4 Å². The molecule has 0 saturated carbocycles. The molecule has 0 aliphatic carbocycles. The maximum absolute atomic E-state index is 13.5. The molecule has 10 heteroatoms. The van der Waals surface area contributed by atoms with Crippen molar-refractivity contribution >= 4 is 15.7 Å². The van der Waals surface area contributed by atoms with E-state index in [0.717, 1.165) is 24.1 Å². The predicted molar refractivity (Wildman–Crippen MR) is 116 cm³/mol. The Labute approximate surface area is 182 Å². The van der Waals surface area contributed by atoms with Crippen LogP contribution in [-0.4, -0.2) is 66.3 Å². The Kier molecular flexibility index (Phi) is 6.30. The highest BCUT2D eigenvalue weighted by Gasteiger charge is 2.29. The SMILES string of the molecule is CN(C)c1ccc(CN(C[C@@H]2CCCO2)S(=O)(=O)c2ccc(-n3cnnn3)cc2)cc1. The van der Waals surface area contributed by atoms with E-state index in [0.29, 0.717) is 18.8 Å². The number of hydrogen-bond donors (Lipinski definition) is 0. The number of anilines is 1. The zero-order chi connectivity index (χ0) is 21.8. The van der Waals surface area contributed by atoms with Gasteiger partial charge in [0.15, 0.2) is 0 Å². The van der Waals surface area contributed by atoms with Crippen LogP contribution in [0.25, 0.3) is 5.69 Å². The van der Waals surface area contributed by atoms with E-state index in [1.54, 1.807) is 24.3 Å². The standard InChI is InChI=1S/C21H26N6O3S/c1-25(2)18-7-5-17(6-8-18)14-26(15-20-4-3-13-30-20)31(28,29)21-11-9-19(10-12-21)27-16-22-23-24-27/h5-12,16,20H,3-4,13-15H2,1-2H3/t20-/m0/s1. The summed E-state index contributed by atoms with van der Waals surface area (Å²) in [5, 5.41) is 11.0. The number of rotatable bonds is 8. The quantitative estimate of drug-likeness (QED) is 0.527. The van der Waals surface area contributed by atoms with Gasteiger partial charge in [0.05, 0.1) is 16.7 Å². The normalized spacial score (nSPS) is 16.7. The van der Waals surface area contributed by atoms with Gasteiger partial charge in [0.1, 0.15) is 6.33 Å². The van der Waals surface area contributed by atoms with Gasteiger partial charge >= 0.3 is 0 Å². The molecule has 164 valence electrons. The van der Waals surface area contributed by atoms with E-state index in [2.05, 4.69) is 15.5 Å². The summed E-state index contributed by atoms with van der Waals surface area (Å²) in [6.07, 6.45) is 3.20. The minimum absolute atomic E-state index is 0.0867. The fourth-order valence-electron chi connectivity index (χ4n) is 3.57. The molecule has 1 aromatic heterocycles. The van der Waals surface area contributed by atoms with Crippen molar-refractivity contribution in [2.24, 2.45) is 0 Å². The van der Waals surface area contributed by atoms with Gasteiger partial charge in [0.25, 0.3) is 0 Å². The van der Waals surface area contributed by atoms with Crippen LogP contribution in [0.4, 0.5) is 5.69 Å². The Morgan fingerprint density at radius 2 is 1.84 bits per heavy atom.